The van der Waals surface area contributed by atoms with Crippen LogP contribution in [0.25, 0.3) is 5.57 Å². The first-order chi connectivity index (χ1) is 10.6. The van der Waals surface area contributed by atoms with Gasteiger partial charge in [0.15, 0.2) is 5.11 Å². The Kier molecular flexibility index (Phi) is 3.99. The van der Waals surface area contributed by atoms with Crippen LogP contribution >= 0.6 is 12.2 Å². The van der Waals surface area contributed by atoms with E-state index >= 15 is 0 Å². The molecule has 0 amide bonds. The fourth-order valence-electron chi connectivity index (χ4n) is 3.27. The molecule has 1 atom stereocenters. The van der Waals surface area contributed by atoms with Crippen LogP contribution in [0.3, 0.4) is 0 Å². The summed E-state index contributed by atoms with van der Waals surface area (Å²) < 4.78 is 0. The van der Waals surface area contributed by atoms with E-state index in [0.29, 0.717) is 5.11 Å². The SMILES string of the molecule is CC1=C(c2ccccc2)C(C)(Cc2ccccc2)NC(=S)N1. The van der Waals surface area contributed by atoms with Gasteiger partial charge in [0.1, 0.15) is 0 Å². The Morgan fingerprint density at radius 3 is 2.18 bits per heavy atom. The van der Waals surface area contributed by atoms with E-state index in [0.717, 1.165) is 12.1 Å². The van der Waals surface area contributed by atoms with Crippen molar-refractivity contribution in [3.05, 3.63) is 77.5 Å². The lowest BCUT2D eigenvalue weighted by molar-refractivity contribution is 0.517. The van der Waals surface area contributed by atoms with Crippen molar-refractivity contribution in [3.63, 3.8) is 0 Å². The van der Waals surface area contributed by atoms with Gasteiger partial charge in [-0.15, -0.1) is 0 Å². The third-order valence-electron chi connectivity index (χ3n) is 4.08. The summed E-state index contributed by atoms with van der Waals surface area (Å²) in [6.07, 6.45) is 0.886. The van der Waals surface area contributed by atoms with E-state index in [9.17, 15) is 0 Å². The van der Waals surface area contributed by atoms with Gasteiger partial charge in [0.05, 0.1) is 5.54 Å². The Morgan fingerprint density at radius 1 is 0.955 bits per heavy atom. The summed E-state index contributed by atoms with van der Waals surface area (Å²) in [4.78, 5) is 0. The Hall–Kier alpha value is -2.13. The molecule has 0 radical (unpaired) electrons. The number of hydrogen-bond acceptors (Lipinski definition) is 1. The van der Waals surface area contributed by atoms with Crippen molar-refractivity contribution in [3.8, 4) is 0 Å². The lowest BCUT2D eigenvalue weighted by atomic mass is 9.79. The van der Waals surface area contributed by atoms with Crippen LogP contribution in [0.4, 0.5) is 0 Å². The molecule has 2 N–H and O–H groups in total. The molecule has 2 aromatic carbocycles. The molecule has 22 heavy (non-hydrogen) atoms. The van der Waals surface area contributed by atoms with E-state index in [4.69, 9.17) is 12.2 Å². The Labute approximate surface area is 137 Å². The molecule has 1 aliphatic rings. The number of benzene rings is 2. The van der Waals surface area contributed by atoms with Crippen molar-refractivity contribution >= 4 is 22.9 Å². The van der Waals surface area contributed by atoms with Gasteiger partial charge in [0, 0.05) is 11.3 Å². The average molecular weight is 308 g/mol. The predicted octanol–water partition coefficient (Wildman–Crippen LogP) is 3.90. The highest BCUT2D eigenvalue weighted by atomic mass is 32.1. The summed E-state index contributed by atoms with van der Waals surface area (Å²) in [5.41, 5.74) is 4.68. The molecule has 2 aromatic rings. The van der Waals surface area contributed by atoms with Gasteiger partial charge in [0.25, 0.3) is 0 Å². The van der Waals surface area contributed by atoms with E-state index in [1.54, 1.807) is 0 Å². The molecule has 0 aliphatic carbocycles. The summed E-state index contributed by atoms with van der Waals surface area (Å²) >= 11 is 5.39. The van der Waals surface area contributed by atoms with E-state index in [2.05, 4.69) is 73.0 Å². The molecule has 0 saturated heterocycles. The molecular weight excluding hydrogens is 288 g/mol. The number of allylic oxidation sites excluding steroid dienone is 1. The van der Waals surface area contributed by atoms with Gasteiger partial charge in [0.2, 0.25) is 0 Å². The quantitative estimate of drug-likeness (QED) is 0.841. The highest BCUT2D eigenvalue weighted by Crippen LogP contribution is 2.34. The van der Waals surface area contributed by atoms with Crippen LogP contribution in [-0.2, 0) is 6.42 Å². The normalized spacial score (nSPS) is 21.3. The fourth-order valence-corrected chi connectivity index (χ4v) is 3.65. The molecule has 2 nitrogen and oxygen atoms in total. The van der Waals surface area contributed by atoms with Crippen molar-refractivity contribution in [1.82, 2.24) is 10.6 Å². The average Bonchev–Trinajstić information content (AvgIpc) is 2.48. The minimum absolute atomic E-state index is 0.227. The molecule has 0 spiro atoms. The molecule has 0 aromatic heterocycles. The number of nitrogens with one attached hydrogen (secondary N) is 2. The Morgan fingerprint density at radius 2 is 1.55 bits per heavy atom. The van der Waals surface area contributed by atoms with E-state index in [1.807, 2.05) is 12.1 Å². The smallest absolute Gasteiger partial charge is 0.171 e. The van der Waals surface area contributed by atoms with Gasteiger partial charge in [-0.05, 0) is 43.6 Å². The van der Waals surface area contributed by atoms with E-state index in [1.165, 1.54) is 16.7 Å². The van der Waals surface area contributed by atoms with Gasteiger partial charge in [-0.25, -0.2) is 0 Å². The zero-order valence-electron chi connectivity index (χ0n) is 12.9. The second kappa shape index (κ2) is 5.93. The highest BCUT2D eigenvalue weighted by molar-refractivity contribution is 7.80. The lowest BCUT2D eigenvalue weighted by Gasteiger charge is -2.40. The molecule has 3 rings (SSSR count). The fraction of sp³-hybridized carbons (Fsp3) is 0.211. The predicted molar refractivity (Wildman–Crippen MR) is 96.5 cm³/mol. The third kappa shape index (κ3) is 2.90. The summed E-state index contributed by atoms with van der Waals surface area (Å²) in [6.45, 7) is 4.32. The molecule has 0 bridgehead atoms. The van der Waals surface area contributed by atoms with Gasteiger partial charge in [-0.3, -0.25) is 0 Å². The largest absolute Gasteiger partial charge is 0.353 e. The maximum Gasteiger partial charge on any atom is 0.171 e. The molecule has 1 aliphatic heterocycles. The zero-order valence-corrected chi connectivity index (χ0v) is 13.7. The summed E-state index contributed by atoms with van der Waals surface area (Å²) in [5, 5.41) is 7.44. The zero-order chi connectivity index (χ0) is 15.6. The van der Waals surface area contributed by atoms with Crippen LogP contribution in [0, 0.1) is 0 Å². The minimum atomic E-state index is -0.227. The lowest BCUT2D eigenvalue weighted by Crippen LogP contribution is -2.56. The first-order valence-electron chi connectivity index (χ1n) is 7.48. The van der Waals surface area contributed by atoms with Gasteiger partial charge >= 0.3 is 0 Å². The van der Waals surface area contributed by atoms with Gasteiger partial charge in [-0.2, -0.15) is 0 Å². The third-order valence-corrected chi connectivity index (χ3v) is 4.28. The second-order valence-electron chi connectivity index (χ2n) is 5.94. The van der Waals surface area contributed by atoms with Crippen LogP contribution in [0.15, 0.2) is 66.4 Å². The summed E-state index contributed by atoms with van der Waals surface area (Å²) in [7, 11) is 0. The molecule has 112 valence electrons. The molecule has 0 fully saturated rings. The van der Waals surface area contributed by atoms with E-state index < -0.39 is 0 Å². The number of rotatable bonds is 3. The van der Waals surface area contributed by atoms with Crippen LogP contribution in [0.2, 0.25) is 0 Å². The second-order valence-corrected chi connectivity index (χ2v) is 6.35. The Balaban J connectivity index is 2.06. The molecule has 1 unspecified atom stereocenters. The standard InChI is InChI=1S/C19H20N2S/c1-14-17(16-11-7-4-8-12-16)19(2,21-18(22)20-14)13-15-9-5-3-6-10-15/h3-12H,13H2,1-2H3,(H2,20,21,22). The van der Waals surface area contributed by atoms with Crippen molar-refractivity contribution in [2.75, 3.05) is 0 Å². The maximum atomic E-state index is 5.39. The Bertz CT molecular complexity index is 707. The van der Waals surface area contributed by atoms with Gasteiger partial charge < -0.3 is 10.6 Å². The van der Waals surface area contributed by atoms with Gasteiger partial charge in [-0.1, -0.05) is 60.7 Å². The van der Waals surface area contributed by atoms with Crippen LogP contribution in [0.1, 0.15) is 25.0 Å². The van der Waals surface area contributed by atoms with Crippen LogP contribution in [0.5, 0.6) is 0 Å². The van der Waals surface area contributed by atoms with Crippen LogP contribution < -0.4 is 10.6 Å². The summed E-state index contributed by atoms with van der Waals surface area (Å²) in [5.74, 6) is 0. The van der Waals surface area contributed by atoms with Crippen molar-refractivity contribution < 1.29 is 0 Å². The maximum absolute atomic E-state index is 5.39. The molecule has 0 saturated carbocycles. The van der Waals surface area contributed by atoms with Crippen molar-refractivity contribution in [2.24, 2.45) is 0 Å². The molecule has 1 heterocycles. The minimum Gasteiger partial charge on any atom is -0.353 e. The van der Waals surface area contributed by atoms with Crippen molar-refractivity contribution in [1.29, 1.82) is 0 Å². The first-order valence-corrected chi connectivity index (χ1v) is 7.89. The first kappa shape index (κ1) is 14.8. The summed E-state index contributed by atoms with van der Waals surface area (Å²) in [6, 6.07) is 21.0. The van der Waals surface area contributed by atoms with Crippen LogP contribution in [-0.4, -0.2) is 10.7 Å². The number of thiocarbonyl (C=S) groups is 1. The highest BCUT2D eigenvalue weighted by Gasteiger charge is 2.35. The molecule has 3 heteroatoms. The monoisotopic (exact) mass is 308 g/mol. The van der Waals surface area contributed by atoms with E-state index in [-0.39, 0.29) is 5.54 Å². The van der Waals surface area contributed by atoms with Crippen molar-refractivity contribution in [2.45, 2.75) is 25.8 Å². The number of hydrogen-bond donors (Lipinski definition) is 2. The molecular formula is C19H20N2S. The topological polar surface area (TPSA) is 24.1 Å².